The zero-order valence-electron chi connectivity index (χ0n) is 17.0. The number of carbonyl (C=O) groups excluding carboxylic acids is 2. The van der Waals surface area contributed by atoms with Gasteiger partial charge >= 0.3 is 0 Å². The van der Waals surface area contributed by atoms with Crippen molar-refractivity contribution < 1.29 is 23.1 Å². The van der Waals surface area contributed by atoms with Crippen molar-refractivity contribution in [3.63, 3.8) is 0 Å². The van der Waals surface area contributed by atoms with Crippen LogP contribution in [0.1, 0.15) is 55.2 Å². The van der Waals surface area contributed by atoms with Crippen LogP contribution in [0.15, 0.2) is 30.5 Å². The maximum absolute atomic E-state index is 14.2. The first kappa shape index (κ1) is 21.0. The summed E-state index contributed by atoms with van der Waals surface area (Å²) in [5.74, 6) is -3.08. The minimum Gasteiger partial charge on any atom is -0.362 e. The smallest absolute Gasteiger partial charge is 0.254 e. The molecule has 0 unspecified atom stereocenters. The predicted octanol–water partition coefficient (Wildman–Crippen LogP) is 4.41. The van der Waals surface area contributed by atoms with Crippen LogP contribution in [-0.2, 0) is 9.53 Å². The van der Waals surface area contributed by atoms with Crippen LogP contribution in [0, 0.1) is 24.5 Å². The lowest BCUT2D eigenvalue weighted by molar-refractivity contribution is -0.131. The monoisotopic (exact) mass is 402 g/mol. The molecule has 3 atom stereocenters. The first-order valence-corrected chi connectivity index (χ1v) is 9.43. The van der Waals surface area contributed by atoms with Crippen molar-refractivity contribution in [2.24, 2.45) is 5.92 Å². The number of rotatable bonds is 4. The quantitative estimate of drug-likeness (QED) is 0.770. The molecule has 1 aliphatic rings. The van der Waals surface area contributed by atoms with Gasteiger partial charge in [0.15, 0.2) is 17.4 Å². The maximum Gasteiger partial charge on any atom is 0.254 e. The van der Waals surface area contributed by atoms with Crippen LogP contribution in [0.4, 0.5) is 14.5 Å². The Hall–Kier alpha value is -2.67. The number of nitrogens with zero attached hydrogens (tertiary/aromatic N) is 1. The van der Waals surface area contributed by atoms with E-state index < -0.39 is 35.2 Å². The molecular weight excluding hydrogens is 378 g/mol. The van der Waals surface area contributed by atoms with E-state index in [2.05, 4.69) is 10.3 Å². The number of carbonyl (C=O) groups is 2. The molecule has 1 amide bonds. The molecule has 1 aromatic carbocycles. The Labute approximate surface area is 168 Å². The molecule has 0 spiro atoms. The topological polar surface area (TPSA) is 68.3 Å². The summed E-state index contributed by atoms with van der Waals surface area (Å²) in [5, 5.41) is 2.76. The zero-order chi connectivity index (χ0) is 21.5. The highest BCUT2D eigenvalue weighted by atomic mass is 19.2. The van der Waals surface area contributed by atoms with Crippen molar-refractivity contribution >= 4 is 17.4 Å². The van der Waals surface area contributed by atoms with E-state index in [-0.39, 0.29) is 23.0 Å². The average molecular weight is 402 g/mol. The van der Waals surface area contributed by atoms with Crippen LogP contribution in [-0.4, -0.2) is 28.4 Å². The van der Waals surface area contributed by atoms with E-state index in [1.54, 1.807) is 6.07 Å². The Morgan fingerprint density at radius 2 is 1.90 bits per heavy atom. The van der Waals surface area contributed by atoms with Crippen LogP contribution in [0.5, 0.6) is 0 Å². The lowest BCUT2D eigenvalue weighted by Crippen LogP contribution is -2.33. The molecule has 1 fully saturated rings. The molecule has 2 heterocycles. The van der Waals surface area contributed by atoms with E-state index in [0.717, 1.165) is 6.07 Å². The third-order valence-corrected chi connectivity index (χ3v) is 5.78. The molecule has 0 aliphatic carbocycles. The number of halogens is 2. The van der Waals surface area contributed by atoms with Crippen molar-refractivity contribution in [1.29, 1.82) is 0 Å². The second-order valence-electron chi connectivity index (χ2n) is 8.01. The predicted molar refractivity (Wildman–Crippen MR) is 105 cm³/mol. The van der Waals surface area contributed by atoms with Crippen molar-refractivity contribution in [3.8, 4) is 0 Å². The largest absolute Gasteiger partial charge is 0.362 e. The van der Waals surface area contributed by atoms with Gasteiger partial charge in [-0.3, -0.25) is 14.6 Å². The molecule has 1 saturated heterocycles. The average Bonchev–Trinajstić information content (AvgIpc) is 2.90. The van der Waals surface area contributed by atoms with Crippen molar-refractivity contribution in [2.75, 3.05) is 5.32 Å². The molecule has 1 N–H and O–H groups in total. The number of anilines is 1. The molecule has 1 aromatic heterocycles. The Kier molecular flexibility index (Phi) is 5.54. The van der Waals surface area contributed by atoms with E-state index in [9.17, 15) is 18.4 Å². The highest BCUT2D eigenvalue weighted by molar-refractivity contribution is 5.97. The zero-order valence-corrected chi connectivity index (χ0v) is 17.0. The van der Waals surface area contributed by atoms with Crippen LogP contribution < -0.4 is 5.32 Å². The van der Waals surface area contributed by atoms with Gasteiger partial charge in [-0.15, -0.1) is 0 Å². The molecule has 2 aromatic rings. The normalized spacial score (nSPS) is 23.1. The summed E-state index contributed by atoms with van der Waals surface area (Å²) in [5.41, 5.74) is 0.714. The Morgan fingerprint density at radius 1 is 1.21 bits per heavy atom. The molecule has 154 valence electrons. The van der Waals surface area contributed by atoms with E-state index in [4.69, 9.17) is 4.74 Å². The highest BCUT2D eigenvalue weighted by Gasteiger charge is 2.51. The fraction of sp³-hybridized carbons (Fsp3) is 0.409. The number of hydrogen-bond acceptors (Lipinski definition) is 4. The third kappa shape index (κ3) is 3.92. The van der Waals surface area contributed by atoms with Gasteiger partial charge in [0.25, 0.3) is 5.91 Å². The van der Waals surface area contributed by atoms with Gasteiger partial charge in [-0.2, -0.15) is 0 Å². The lowest BCUT2D eigenvalue weighted by atomic mass is 9.77. The molecule has 7 heteroatoms. The summed E-state index contributed by atoms with van der Waals surface area (Å²) in [6.07, 6.45) is 0.531. The molecule has 0 radical (unpaired) electrons. The number of ketones is 1. The summed E-state index contributed by atoms with van der Waals surface area (Å²) in [4.78, 5) is 28.6. The standard InChI is InChI=1S/C22H24F2N2O3/c1-11-15(6-7-16(23)19(11)24)18-12(2)22(4,5)29-20(18)21(28)26-14-8-9-25-17(10-14)13(3)27/h6-10,12,18,20H,1-5H3,(H,25,26,28)/t12-,18-,20+/m1/s1. The number of nitrogens with one attached hydrogen (secondary N) is 1. The fourth-order valence-corrected chi connectivity index (χ4v) is 3.79. The molecule has 3 rings (SSSR count). The van der Waals surface area contributed by atoms with Crippen molar-refractivity contribution in [2.45, 2.75) is 52.2 Å². The van der Waals surface area contributed by atoms with Crippen molar-refractivity contribution in [3.05, 3.63) is 58.9 Å². The molecular formula is C22H24F2N2O3. The van der Waals surface area contributed by atoms with Gasteiger partial charge in [-0.05, 0) is 56.0 Å². The molecule has 5 nitrogen and oxygen atoms in total. The van der Waals surface area contributed by atoms with E-state index >= 15 is 0 Å². The summed E-state index contributed by atoms with van der Waals surface area (Å²) >= 11 is 0. The van der Waals surface area contributed by atoms with Crippen molar-refractivity contribution in [1.82, 2.24) is 4.98 Å². The molecule has 1 aliphatic heterocycles. The summed E-state index contributed by atoms with van der Waals surface area (Å²) < 4.78 is 33.9. The lowest BCUT2D eigenvalue weighted by Gasteiger charge is -2.25. The minimum absolute atomic E-state index is 0.132. The number of amides is 1. The third-order valence-electron chi connectivity index (χ3n) is 5.78. The molecule has 0 saturated carbocycles. The van der Waals surface area contributed by atoms with Crippen LogP contribution >= 0.6 is 0 Å². The minimum atomic E-state index is -0.924. The second kappa shape index (κ2) is 7.63. The van der Waals surface area contributed by atoms with Gasteiger partial charge in [0, 0.05) is 24.7 Å². The van der Waals surface area contributed by atoms with Crippen LogP contribution in [0.2, 0.25) is 0 Å². The van der Waals surface area contributed by atoms with Gasteiger partial charge in [0.05, 0.1) is 5.60 Å². The van der Waals surface area contributed by atoms with Gasteiger partial charge in [-0.1, -0.05) is 13.0 Å². The number of ether oxygens (including phenoxy) is 1. The fourth-order valence-electron chi connectivity index (χ4n) is 3.79. The van der Waals surface area contributed by atoms with Gasteiger partial charge in [0.2, 0.25) is 0 Å². The van der Waals surface area contributed by atoms with Crippen LogP contribution in [0.25, 0.3) is 0 Å². The second-order valence-corrected chi connectivity index (χ2v) is 8.01. The first-order valence-electron chi connectivity index (χ1n) is 9.43. The number of benzene rings is 1. The SMILES string of the molecule is CC(=O)c1cc(NC(=O)[C@H]2OC(C)(C)[C@H](C)[C@@H]2c2ccc(F)c(F)c2C)ccn1. The Bertz CT molecular complexity index is 975. The summed E-state index contributed by atoms with van der Waals surface area (Å²) in [6, 6.07) is 5.65. The van der Waals surface area contributed by atoms with Gasteiger partial charge in [-0.25, -0.2) is 8.78 Å². The number of pyridine rings is 1. The Morgan fingerprint density at radius 3 is 2.55 bits per heavy atom. The summed E-state index contributed by atoms with van der Waals surface area (Å²) in [6.45, 7) is 8.56. The van der Waals surface area contributed by atoms with E-state index in [1.807, 2.05) is 20.8 Å². The number of Topliss-reactive ketones (excluding diaryl/α,β-unsaturated/α-hetero) is 1. The number of aromatic nitrogens is 1. The Balaban J connectivity index is 1.96. The van der Waals surface area contributed by atoms with Crippen LogP contribution in [0.3, 0.4) is 0 Å². The highest BCUT2D eigenvalue weighted by Crippen LogP contribution is 2.47. The van der Waals surface area contributed by atoms with Gasteiger partial charge < -0.3 is 10.1 Å². The van der Waals surface area contributed by atoms with E-state index in [0.29, 0.717) is 11.3 Å². The molecule has 0 bridgehead atoms. The summed E-state index contributed by atoms with van der Waals surface area (Å²) in [7, 11) is 0. The first-order chi connectivity index (χ1) is 13.5. The maximum atomic E-state index is 14.2. The number of hydrogen-bond donors (Lipinski definition) is 1. The van der Waals surface area contributed by atoms with E-state index in [1.165, 1.54) is 32.2 Å². The van der Waals surface area contributed by atoms with Gasteiger partial charge in [0.1, 0.15) is 11.8 Å². The molecule has 29 heavy (non-hydrogen) atoms.